The van der Waals surface area contributed by atoms with Crippen molar-refractivity contribution in [2.45, 2.75) is 19.3 Å². The molecule has 0 fully saturated rings. The number of carbonyl (C=O) groups excluding carboxylic acids is 1. The fourth-order valence-corrected chi connectivity index (χ4v) is 3.46. The summed E-state index contributed by atoms with van der Waals surface area (Å²) in [6.07, 6.45) is 5.18. The van der Waals surface area contributed by atoms with Crippen LogP contribution in [0.25, 0.3) is 11.2 Å². The molecule has 0 amide bonds. The third-order valence-electron chi connectivity index (χ3n) is 3.32. The van der Waals surface area contributed by atoms with Gasteiger partial charge in [0.05, 0.1) is 20.0 Å². The molecule has 2 heterocycles. The molecule has 10 heteroatoms. The van der Waals surface area contributed by atoms with Crippen molar-refractivity contribution in [3.63, 3.8) is 0 Å². The highest BCUT2D eigenvalue weighted by Crippen LogP contribution is 2.43. The van der Waals surface area contributed by atoms with Gasteiger partial charge in [0.15, 0.2) is 10.8 Å². The second-order valence-electron chi connectivity index (χ2n) is 5.75. The molecule has 136 valence electrons. The molecular weight excluding hydrogens is 367 g/mol. The van der Waals surface area contributed by atoms with E-state index in [9.17, 15) is 9.36 Å². The molecule has 1 unspecified atom stereocenters. The van der Waals surface area contributed by atoms with Crippen molar-refractivity contribution in [3.8, 4) is 0 Å². The fraction of sp³-hybridized carbons (Fsp3) is 0.467. The first-order chi connectivity index (χ1) is 11.7. The summed E-state index contributed by atoms with van der Waals surface area (Å²) in [5.41, 5.74) is 1.18. The maximum atomic E-state index is 12.1. The molecule has 0 saturated carbocycles. The van der Waals surface area contributed by atoms with Crippen molar-refractivity contribution in [1.29, 1.82) is 0 Å². The standard InChI is InChI=1S/C15H20ClN4O4P/c1-10-18-12(16)11-13(19-10)20(9-17-11)7-5-6-8-24-15(14(21)23-2)25(3,4)22/h5-6,9,15H,7-8H2,1-4H3/b6-5-. The number of carbonyl (C=O) groups is 1. The molecule has 0 N–H and O–H groups in total. The van der Waals surface area contributed by atoms with E-state index in [1.54, 1.807) is 19.3 Å². The zero-order valence-electron chi connectivity index (χ0n) is 14.5. The number of nitrogens with zero attached hydrogens (tertiary/aromatic N) is 4. The average molecular weight is 387 g/mol. The van der Waals surface area contributed by atoms with E-state index in [0.717, 1.165) is 0 Å². The lowest BCUT2D eigenvalue weighted by molar-refractivity contribution is -0.148. The lowest BCUT2D eigenvalue weighted by Crippen LogP contribution is -2.25. The molecular formula is C15H20ClN4O4P. The number of fused-ring (bicyclic) bond motifs is 1. The van der Waals surface area contributed by atoms with Crippen molar-refractivity contribution in [2.75, 3.05) is 27.0 Å². The first kappa shape index (κ1) is 19.6. The van der Waals surface area contributed by atoms with Crippen LogP contribution < -0.4 is 0 Å². The van der Waals surface area contributed by atoms with Gasteiger partial charge in [-0.2, -0.15) is 0 Å². The van der Waals surface area contributed by atoms with Gasteiger partial charge in [-0.3, -0.25) is 0 Å². The van der Waals surface area contributed by atoms with E-state index >= 15 is 0 Å². The Hall–Kier alpha value is -1.76. The highest BCUT2D eigenvalue weighted by atomic mass is 35.5. The summed E-state index contributed by atoms with van der Waals surface area (Å²) in [5, 5.41) is 0.316. The molecule has 0 aliphatic rings. The van der Waals surface area contributed by atoms with E-state index in [1.807, 2.05) is 10.6 Å². The Morgan fingerprint density at radius 2 is 2.12 bits per heavy atom. The van der Waals surface area contributed by atoms with E-state index in [1.165, 1.54) is 20.4 Å². The minimum Gasteiger partial charge on any atom is -0.467 e. The van der Waals surface area contributed by atoms with Crippen LogP contribution in [0.4, 0.5) is 0 Å². The van der Waals surface area contributed by atoms with Crippen molar-refractivity contribution in [2.24, 2.45) is 0 Å². The van der Waals surface area contributed by atoms with Crippen LogP contribution in [0.15, 0.2) is 18.5 Å². The maximum Gasteiger partial charge on any atom is 0.342 e. The smallest absolute Gasteiger partial charge is 0.342 e. The molecule has 0 radical (unpaired) electrons. The van der Waals surface area contributed by atoms with Gasteiger partial charge in [-0.1, -0.05) is 23.8 Å². The van der Waals surface area contributed by atoms with Crippen LogP contribution in [0.3, 0.4) is 0 Å². The van der Waals surface area contributed by atoms with Crippen molar-refractivity contribution < 1.29 is 18.8 Å². The molecule has 0 spiro atoms. The van der Waals surface area contributed by atoms with E-state index in [0.29, 0.717) is 28.7 Å². The topological polar surface area (TPSA) is 96.2 Å². The van der Waals surface area contributed by atoms with Gasteiger partial charge in [-0.05, 0) is 20.3 Å². The molecule has 8 nitrogen and oxygen atoms in total. The Kier molecular flexibility index (Phi) is 6.32. The fourth-order valence-electron chi connectivity index (χ4n) is 2.15. The van der Waals surface area contributed by atoms with Crippen LogP contribution in [0.2, 0.25) is 5.15 Å². The SMILES string of the molecule is COC(=O)C(OC/C=C\Cn1cnc2c(Cl)nc(C)nc21)P(C)(C)=O. The van der Waals surface area contributed by atoms with Gasteiger partial charge in [0.1, 0.15) is 18.5 Å². The normalized spacial score (nSPS) is 13.5. The summed E-state index contributed by atoms with van der Waals surface area (Å²) in [6, 6.07) is 0. The molecule has 0 aliphatic carbocycles. The Morgan fingerprint density at radius 3 is 2.76 bits per heavy atom. The Labute approximate surface area is 150 Å². The van der Waals surface area contributed by atoms with Gasteiger partial charge in [0.25, 0.3) is 0 Å². The number of methoxy groups -OCH3 is 1. The number of ether oxygens (including phenoxy) is 2. The first-order valence-corrected chi connectivity index (χ1v) is 10.5. The van der Waals surface area contributed by atoms with Crippen LogP contribution in [0, 0.1) is 6.92 Å². The quantitative estimate of drug-likeness (QED) is 0.312. The summed E-state index contributed by atoms with van der Waals surface area (Å²) < 4.78 is 23.9. The molecule has 1 atom stereocenters. The highest BCUT2D eigenvalue weighted by Gasteiger charge is 2.32. The van der Waals surface area contributed by atoms with Gasteiger partial charge >= 0.3 is 5.97 Å². The predicted octanol–water partition coefficient (Wildman–Crippen LogP) is 2.48. The zero-order chi connectivity index (χ0) is 18.6. The second-order valence-corrected chi connectivity index (χ2v) is 9.44. The third-order valence-corrected chi connectivity index (χ3v) is 5.07. The Morgan fingerprint density at radius 1 is 1.40 bits per heavy atom. The third kappa shape index (κ3) is 4.87. The van der Waals surface area contributed by atoms with E-state index < -0.39 is 19.0 Å². The maximum absolute atomic E-state index is 12.1. The number of rotatable bonds is 7. The molecule has 0 aromatic carbocycles. The average Bonchev–Trinajstić information content (AvgIpc) is 2.92. The van der Waals surface area contributed by atoms with Crippen LogP contribution in [0.5, 0.6) is 0 Å². The molecule has 25 heavy (non-hydrogen) atoms. The van der Waals surface area contributed by atoms with Gasteiger partial charge in [0.2, 0.25) is 5.85 Å². The molecule has 0 bridgehead atoms. The van der Waals surface area contributed by atoms with Gasteiger partial charge in [-0.15, -0.1) is 0 Å². The second kappa shape index (κ2) is 8.08. The van der Waals surface area contributed by atoms with Crippen molar-refractivity contribution >= 4 is 35.9 Å². The molecule has 2 rings (SSSR count). The number of aromatic nitrogens is 4. The zero-order valence-corrected chi connectivity index (χ0v) is 16.1. The van der Waals surface area contributed by atoms with E-state index in [-0.39, 0.29) is 6.61 Å². The van der Waals surface area contributed by atoms with Crippen LogP contribution >= 0.6 is 18.7 Å². The number of aryl methyl sites for hydroxylation is 1. The van der Waals surface area contributed by atoms with Crippen LogP contribution in [-0.4, -0.2) is 58.4 Å². The van der Waals surface area contributed by atoms with Crippen LogP contribution in [0.1, 0.15) is 5.82 Å². The Balaban J connectivity index is 2.00. The summed E-state index contributed by atoms with van der Waals surface area (Å²) in [4.78, 5) is 24.2. The van der Waals surface area contributed by atoms with Crippen molar-refractivity contribution in [3.05, 3.63) is 29.5 Å². The Bertz CT molecular complexity index is 845. The van der Waals surface area contributed by atoms with E-state index in [2.05, 4.69) is 19.7 Å². The lowest BCUT2D eigenvalue weighted by Gasteiger charge is -2.18. The summed E-state index contributed by atoms with van der Waals surface area (Å²) in [7, 11) is -1.53. The highest BCUT2D eigenvalue weighted by molar-refractivity contribution is 7.63. The first-order valence-electron chi connectivity index (χ1n) is 7.48. The largest absolute Gasteiger partial charge is 0.467 e. The van der Waals surface area contributed by atoms with Gasteiger partial charge in [0, 0.05) is 6.54 Å². The van der Waals surface area contributed by atoms with Crippen LogP contribution in [-0.2, 0) is 25.4 Å². The summed E-state index contributed by atoms with van der Waals surface area (Å²) in [5.74, 6) is -1.14. The number of esters is 1. The summed E-state index contributed by atoms with van der Waals surface area (Å²) >= 11 is 6.05. The predicted molar refractivity (Wildman–Crippen MR) is 95.4 cm³/mol. The number of hydrogen-bond acceptors (Lipinski definition) is 7. The summed E-state index contributed by atoms with van der Waals surface area (Å²) in [6.45, 7) is 5.36. The molecule has 0 saturated heterocycles. The monoisotopic (exact) mass is 386 g/mol. The number of halogens is 1. The molecule has 2 aromatic heterocycles. The number of imidazole rings is 1. The molecule has 0 aliphatic heterocycles. The van der Waals surface area contributed by atoms with E-state index in [4.69, 9.17) is 16.3 Å². The number of hydrogen-bond donors (Lipinski definition) is 0. The van der Waals surface area contributed by atoms with Crippen molar-refractivity contribution in [1.82, 2.24) is 19.5 Å². The van der Waals surface area contributed by atoms with Gasteiger partial charge < -0.3 is 18.6 Å². The minimum atomic E-state index is -2.77. The van der Waals surface area contributed by atoms with Gasteiger partial charge in [-0.25, -0.2) is 19.7 Å². The number of allylic oxidation sites excluding steroid dienone is 1. The lowest BCUT2D eigenvalue weighted by atomic mass is 10.4. The minimum absolute atomic E-state index is 0.132. The molecule has 2 aromatic rings.